The van der Waals surface area contributed by atoms with Gasteiger partial charge in [-0.1, -0.05) is 36.5 Å². The number of ether oxygens (including phenoxy) is 1. The molecule has 1 aromatic rings. The van der Waals surface area contributed by atoms with E-state index in [4.69, 9.17) is 27.9 Å². The fourth-order valence-electron chi connectivity index (χ4n) is 1.18. The molecular weight excluding hydrogens is 413 g/mol. The van der Waals surface area contributed by atoms with E-state index in [2.05, 4.69) is 20.7 Å². The number of halogens is 3. The molecule has 0 saturated carbocycles. The minimum atomic E-state index is -3.93. The van der Waals surface area contributed by atoms with Crippen molar-refractivity contribution >= 4 is 66.5 Å². The first-order chi connectivity index (χ1) is 9.29. The molecule has 0 aliphatic carbocycles. The summed E-state index contributed by atoms with van der Waals surface area (Å²) in [5.74, 6) is -0.643. The molecule has 20 heavy (non-hydrogen) atoms. The monoisotopic (exact) mass is 423 g/mol. The number of rotatable bonds is 7. The molecule has 1 aromatic heterocycles. The molecule has 1 N–H and O–H groups in total. The predicted molar refractivity (Wildman–Crippen MR) is 83.1 cm³/mol. The summed E-state index contributed by atoms with van der Waals surface area (Å²) in [6, 6.07) is 0. The number of carbonyl (C=O) groups is 1. The zero-order valence-electron chi connectivity index (χ0n) is 10.4. The molecule has 114 valence electrons. The van der Waals surface area contributed by atoms with Gasteiger partial charge in [0, 0.05) is 0 Å². The van der Waals surface area contributed by atoms with Crippen LogP contribution < -0.4 is 4.72 Å². The molecule has 0 fully saturated rings. The molecule has 0 unspecified atom stereocenters. The van der Waals surface area contributed by atoms with Crippen molar-refractivity contribution < 1.29 is 17.9 Å². The van der Waals surface area contributed by atoms with Crippen LogP contribution in [-0.4, -0.2) is 27.5 Å². The average molecular weight is 425 g/mol. The maximum Gasteiger partial charge on any atom is 0.321 e. The van der Waals surface area contributed by atoms with Crippen LogP contribution in [0, 0.1) is 0 Å². The minimum Gasteiger partial charge on any atom is -0.465 e. The van der Waals surface area contributed by atoms with Crippen LogP contribution in [0.1, 0.15) is 19.8 Å². The first-order valence-corrected chi connectivity index (χ1v) is 9.43. The Morgan fingerprint density at radius 2 is 2.05 bits per heavy atom. The van der Waals surface area contributed by atoms with E-state index in [-0.39, 0.29) is 24.6 Å². The molecule has 0 aliphatic rings. The summed E-state index contributed by atoms with van der Waals surface area (Å²) in [6.07, 6.45) is 1.62. The van der Waals surface area contributed by atoms with Gasteiger partial charge in [0.2, 0.25) is 10.0 Å². The molecular formula is C10H12BrCl2NO4S2. The maximum atomic E-state index is 12.0. The zero-order valence-corrected chi connectivity index (χ0v) is 15.1. The Balaban J connectivity index is 2.69. The number of thiophene rings is 1. The van der Waals surface area contributed by atoms with Crippen LogP contribution in [0.4, 0.5) is 0 Å². The Bertz CT molecular complexity index is 588. The fraction of sp³-hybridized carbons (Fsp3) is 0.500. The van der Waals surface area contributed by atoms with Crippen molar-refractivity contribution in [2.75, 3.05) is 13.2 Å². The molecule has 0 radical (unpaired) electrons. The number of carbonyl (C=O) groups excluding carboxylic acids is 1. The summed E-state index contributed by atoms with van der Waals surface area (Å²) < 4.78 is 31.5. The number of hydrogen-bond donors (Lipinski definition) is 1. The molecule has 0 aliphatic heterocycles. The highest BCUT2D eigenvalue weighted by molar-refractivity contribution is 9.10. The van der Waals surface area contributed by atoms with E-state index in [1.807, 2.05) is 6.92 Å². The predicted octanol–water partition coefficient (Wildman–Crippen LogP) is 3.44. The number of sulfonamides is 1. The Hall–Kier alpha value is 0.140. The molecule has 0 saturated heterocycles. The molecule has 0 bridgehead atoms. The minimum absolute atomic E-state index is 0.0220. The molecule has 0 atom stereocenters. The van der Waals surface area contributed by atoms with Crippen LogP contribution in [0.2, 0.25) is 8.67 Å². The van der Waals surface area contributed by atoms with E-state index < -0.39 is 22.5 Å². The van der Waals surface area contributed by atoms with Crippen LogP contribution >= 0.6 is 50.5 Å². The van der Waals surface area contributed by atoms with E-state index in [9.17, 15) is 13.2 Å². The second kappa shape index (κ2) is 7.95. The highest BCUT2D eigenvalue weighted by atomic mass is 79.9. The number of hydrogen-bond acceptors (Lipinski definition) is 5. The zero-order chi connectivity index (χ0) is 15.3. The van der Waals surface area contributed by atoms with Gasteiger partial charge < -0.3 is 4.74 Å². The summed E-state index contributed by atoms with van der Waals surface area (Å²) in [4.78, 5) is 11.2. The summed E-state index contributed by atoms with van der Waals surface area (Å²) in [5.41, 5.74) is 0. The van der Waals surface area contributed by atoms with Gasteiger partial charge in [-0.2, -0.15) is 4.72 Å². The van der Waals surface area contributed by atoms with Crippen LogP contribution in [0.15, 0.2) is 9.37 Å². The second-order valence-corrected chi connectivity index (χ2v) is 8.41. The molecule has 5 nitrogen and oxygen atoms in total. The quantitative estimate of drug-likeness (QED) is 0.537. The molecule has 0 spiro atoms. The van der Waals surface area contributed by atoms with E-state index in [1.54, 1.807) is 0 Å². The van der Waals surface area contributed by atoms with Crippen molar-refractivity contribution in [2.24, 2.45) is 0 Å². The summed E-state index contributed by atoms with van der Waals surface area (Å²) in [7, 11) is -3.93. The highest BCUT2D eigenvalue weighted by Gasteiger charge is 2.26. The Morgan fingerprint density at radius 3 is 2.55 bits per heavy atom. The van der Waals surface area contributed by atoms with Crippen molar-refractivity contribution in [2.45, 2.75) is 24.7 Å². The molecule has 1 heterocycles. The van der Waals surface area contributed by atoms with Gasteiger partial charge in [0.1, 0.15) is 20.1 Å². The van der Waals surface area contributed by atoms with Gasteiger partial charge in [0.05, 0.1) is 11.1 Å². The van der Waals surface area contributed by atoms with Crippen molar-refractivity contribution in [1.82, 2.24) is 4.72 Å². The van der Waals surface area contributed by atoms with Crippen molar-refractivity contribution in [1.29, 1.82) is 0 Å². The largest absolute Gasteiger partial charge is 0.465 e. The van der Waals surface area contributed by atoms with E-state index in [1.165, 1.54) is 0 Å². The third kappa shape index (κ3) is 4.85. The third-order valence-corrected chi connectivity index (χ3v) is 7.03. The lowest BCUT2D eigenvalue weighted by atomic mass is 10.4. The first kappa shape index (κ1) is 18.2. The molecule has 0 aromatic carbocycles. The molecule has 10 heteroatoms. The van der Waals surface area contributed by atoms with Crippen molar-refractivity contribution in [3.8, 4) is 0 Å². The van der Waals surface area contributed by atoms with Gasteiger partial charge in [0.15, 0.2) is 0 Å². The topological polar surface area (TPSA) is 72.5 Å². The number of nitrogens with one attached hydrogen (secondary N) is 1. The Kier molecular flexibility index (Phi) is 7.23. The smallest absolute Gasteiger partial charge is 0.321 e. The maximum absolute atomic E-state index is 12.0. The van der Waals surface area contributed by atoms with Gasteiger partial charge in [-0.3, -0.25) is 4.79 Å². The van der Waals surface area contributed by atoms with Gasteiger partial charge in [-0.05, 0) is 22.4 Å². The Labute approximate surface area is 139 Å². The lowest BCUT2D eigenvalue weighted by molar-refractivity contribution is -0.142. The normalized spacial score (nSPS) is 11.6. The third-order valence-electron chi connectivity index (χ3n) is 2.17. The molecule has 1 rings (SSSR count). The van der Waals surface area contributed by atoms with Crippen LogP contribution in [0.25, 0.3) is 0 Å². The van der Waals surface area contributed by atoms with Crippen LogP contribution in [-0.2, 0) is 19.6 Å². The standard InChI is InChI=1S/C10H12BrCl2NO4S2/c1-2-3-4-18-6(15)5-14-20(16,17)8-7(11)9(12)19-10(8)13/h14H,2-5H2,1H3. The first-order valence-electron chi connectivity index (χ1n) is 5.58. The van der Waals surface area contributed by atoms with E-state index >= 15 is 0 Å². The van der Waals surface area contributed by atoms with Crippen LogP contribution in [0.5, 0.6) is 0 Å². The molecule has 0 amide bonds. The number of unbranched alkanes of at least 4 members (excludes halogenated alkanes) is 1. The van der Waals surface area contributed by atoms with Crippen LogP contribution in [0.3, 0.4) is 0 Å². The average Bonchev–Trinajstić information content (AvgIpc) is 2.62. The van der Waals surface area contributed by atoms with E-state index in [0.29, 0.717) is 0 Å². The summed E-state index contributed by atoms with van der Waals surface area (Å²) >= 11 is 15.6. The van der Waals surface area contributed by atoms with Crippen molar-refractivity contribution in [3.05, 3.63) is 13.1 Å². The lowest BCUT2D eigenvalue weighted by Gasteiger charge is -2.07. The fourth-order valence-corrected chi connectivity index (χ4v) is 5.70. The second-order valence-electron chi connectivity index (χ2n) is 3.69. The van der Waals surface area contributed by atoms with Gasteiger partial charge >= 0.3 is 5.97 Å². The summed E-state index contributed by atoms with van der Waals surface area (Å²) in [5, 5.41) is 0. The Morgan fingerprint density at radius 1 is 1.40 bits per heavy atom. The SMILES string of the molecule is CCCCOC(=O)CNS(=O)(=O)c1c(Cl)sc(Cl)c1Br. The highest BCUT2D eigenvalue weighted by Crippen LogP contribution is 2.42. The van der Waals surface area contributed by atoms with E-state index in [0.717, 1.165) is 24.2 Å². The number of esters is 1. The van der Waals surface area contributed by atoms with Gasteiger partial charge in [-0.15, -0.1) is 11.3 Å². The summed E-state index contributed by atoms with van der Waals surface area (Å²) in [6.45, 7) is 1.77. The van der Waals surface area contributed by atoms with Gasteiger partial charge in [-0.25, -0.2) is 8.42 Å². The van der Waals surface area contributed by atoms with Crippen molar-refractivity contribution in [3.63, 3.8) is 0 Å². The van der Waals surface area contributed by atoms with Gasteiger partial charge in [0.25, 0.3) is 0 Å². The lowest BCUT2D eigenvalue weighted by Crippen LogP contribution is -2.31.